The van der Waals surface area contributed by atoms with Crippen LogP contribution in [-0.4, -0.2) is 72.4 Å². The van der Waals surface area contributed by atoms with E-state index in [9.17, 15) is 13.2 Å². The topological polar surface area (TPSA) is 87.0 Å². The Morgan fingerprint density at radius 2 is 1.76 bits per heavy atom. The second-order valence-corrected chi connectivity index (χ2v) is 11.3. The summed E-state index contributed by atoms with van der Waals surface area (Å²) in [4.78, 5) is 17.3. The molecule has 0 unspecified atom stereocenters. The maximum Gasteiger partial charge on any atom is 0.248 e. The van der Waals surface area contributed by atoms with Gasteiger partial charge in [-0.1, -0.05) is 43.3 Å². The molecular weight excluding hydrogens is 440 g/mol. The fourth-order valence-electron chi connectivity index (χ4n) is 4.42. The van der Waals surface area contributed by atoms with Crippen LogP contribution in [0.25, 0.3) is 0 Å². The number of sulfonamides is 1. The average Bonchev–Trinajstić information content (AvgIpc) is 3.57. The van der Waals surface area contributed by atoms with Gasteiger partial charge in [0.05, 0.1) is 6.54 Å². The maximum atomic E-state index is 13.1. The minimum Gasteiger partial charge on any atom is -0.360 e. The highest BCUT2D eigenvalue weighted by Gasteiger charge is 2.36. The Labute approximate surface area is 196 Å². The van der Waals surface area contributed by atoms with E-state index in [2.05, 4.69) is 48.2 Å². The van der Waals surface area contributed by atoms with Crippen molar-refractivity contribution in [3.8, 4) is 0 Å². The van der Waals surface area contributed by atoms with Gasteiger partial charge in [-0.3, -0.25) is 9.69 Å². The smallest absolute Gasteiger partial charge is 0.248 e. The molecular formula is C24H34N4O4S. The number of hydrogen-bond acceptors (Lipinski definition) is 6. The number of benzene rings is 1. The quantitative estimate of drug-likeness (QED) is 0.585. The Hall–Kier alpha value is -2.23. The van der Waals surface area contributed by atoms with Gasteiger partial charge in [-0.15, -0.1) is 0 Å². The number of hydrogen-bond donors (Lipinski definition) is 0. The van der Waals surface area contributed by atoms with Crippen LogP contribution in [0, 0.1) is 13.8 Å². The Bertz CT molecular complexity index is 1060. The van der Waals surface area contributed by atoms with Gasteiger partial charge in [0.15, 0.2) is 5.76 Å². The van der Waals surface area contributed by atoms with Crippen LogP contribution in [0.1, 0.15) is 55.2 Å². The van der Waals surface area contributed by atoms with Crippen LogP contribution in [0.2, 0.25) is 0 Å². The first-order chi connectivity index (χ1) is 15.7. The van der Waals surface area contributed by atoms with Gasteiger partial charge in [0.25, 0.3) is 0 Å². The summed E-state index contributed by atoms with van der Waals surface area (Å²) in [6.07, 6.45) is 2.25. The van der Waals surface area contributed by atoms with Crippen molar-refractivity contribution in [3.63, 3.8) is 0 Å². The van der Waals surface area contributed by atoms with Crippen molar-refractivity contribution < 1.29 is 17.7 Å². The number of carbonyl (C=O) groups excluding carboxylic acids is 1. The van der Waals surface area contributed by atoms with E-state index in [1.165, 1.54) is 15.4 Å². The Morgan fingerprint density at radius 1 is 1.12 bits per heavy atom. The second kappa shape index (κ2) is 9.56. The van der Waals surface area contributed by atoms with E-state index in [-0.39, 0.29) is 23.9 Å². The highest BCUT2D eigenvalue weighted by atomic mass is 32.2. The van der Waals surface area contributed by atoms with E-state index in [1.807, 2.05) is 0 Å². The molecule has 2 aliphatic rings. The number of aryl methyl sites for hydroxylation is 2. The van der Waals surface area contributed by atoms with Gasteiger partial charge < -0.3 is 9.42 Å². The molecule has 9 heteroatoms. The van der Waals surface area contributed by atoms with Crippen molar-refractivity contribution in [2.24, 2.45) is 0 Å². The zero-order valence-corrected chi connectivity index (χ0v) is 20.8. The first-order valence-electron chi connectivity index (χ1n) is 11.7. The molecule has 180 valence electrons. The monoisotopic (exact) mass is 474 g/mol. The third-order valence-electron chi connectivity index (χ3n) is 6.59. The van der Waals surface area contributed by atoms with Crippen LogP contribution in [0.15, 0.2) is 33.7 Å². The Kier molecular flexibility index (Phi) is 6.93. The summed E-state index contributed by atoms with van der Waals surface area (Å²) >= 11 is 0. The summed E-state index contributed by atoms with van der Waals surface area (Å²) in [5.74, 6) is 0.864. The molecule has 1 saturated carbocycles. The fraction of sp³-hybridized carbons (Fsp3) is 0.583. The van der Waals surface area contributed by atoms with E-state index in [0.717, 1.165) is 19.4 Å². The highest BCUT2D eigenvalue weighted by Crippen LogP contribution is 2.29. The number of nitrogens with zero attached hydrogens (tertiary/aromatic N) is 4. The SMILES string of the molecule is Cc1noc(C)c1S(=O)(=O)N1CCN(C(=O)CN(Cc2ccc(C(C)C)cc2)C2CC2)CC1. The van der Waals surface area contributed by atoms with Crippen LogP contribution < -0.4 is 0 Å². The Balaban J connectivity index is 1.35. The van der Waals surface area contributed by atoms with Gasteiger partial charge in [0, 0.05) is 38.8 Å². The predicted molar refractivity (Wildman–Crippen MR) is 125 cm³/mol. The second-order valence-electron chi connectivity index (χ2n) is 9.47. The molecule has 1 saturated heterocycles. The molecule has 0 bridgehead atoms. The van der Waals surface area contributed by atoms with Crippen molar-refractivity contribution in [2.45, 2.75) is 63.9 Å². The largest absolute Gasteiger partial charge is 0.360 e. The molecule has 0 radical (unpaired) electrons. The van der Waals surface area contributed by atoms with Crippen LogP contribution in [0.4, 0.5) is 0 Å². The number of piperazine rings is 1. The van der Waals surface area contributed by atoms with Crippen molar-refractivity contribution in [3.05, 3.63) is 46.8 Å². The molecule has 1 aliphatic carbocycles. The molecule has 1 aromatic carbocycles. The van der Waals surface area contributed by atoms with Crippen molar-refractivity contribution in [1.29, 1.82) is 0 Å². The first kappa shape index (κ1) is 23.9. The number of aromatic nitrogens is 1. The summed E-state index contributed by atoms with van der Waals surface area (Å²) in [6, 6.07) is 9.12. The predicted octanol–water partition coefficient (Wildman–Crippen LogP) is 2.91. The summed E-state index contributed by atoms with van der Waals surface area (Å²) in [5, 5.41) is 3.77. The zero-order chi connectivity index (χ0) is 23.8. The van der Waals surface area contributed by atoms with E-state index in [1.54, 1.807) is 18.7 Å². The van der Waals surface area contributed by atoms with Gasteiger partial charge in [0.1, 0.15) is 10.6 Å². The molecule has 2 aromatic rings. The van der Waals surface area contributed by atoms with Gasteiger partial charge >= 0.3 is 0 Å². The van der Waals surface area contributed by atoms with Crippen LogP contribution >= 0.6 is 0 Å². The molecule has 1 amide bonds. The molecule has 8 nitrogen and oxygen atoms in total. The molecule has 1 aromatic heterocycles. The number of amides is 1. The summed E-state index contributed by atoms with van der Waals surface area (Å²) in [5.41, 5.74) is 2.90. The fourth-order valence-corrected chi connectivity index (χ4v) is 6.13. The lowest BCUT2D eigenvalue weighted by molar-refractivity contribution is -0.133. The lowest BCUT2D eigenvalue weighted by Gasteiger charge is -2.35. The number of rotatable bonds is 8. The minimum atomic E-state index is -3.68. The van der Waals surface area contributed by atoms with Gasteiger partial charge in [-0.05, 0) is 43.7 Å². The summed E-state index contributed by atoms with van der Waals surface area (Å²) in [7, 11) is -3.68. The zero-order valence-electron chi connectivity index (χ0n) is 20.0. The van der Waals surface area contributed by atoms with Crippen molar-refractivity contribution >= 4 is 15.9 Å². The van der Waals surface area contributed by atoms with Crippen LogP contribution in [-0.2, 0) is 21.4 Å². The molecule has 0 atom stereocenters. The Morgan fingerprint density at radius 3 is 2.27 bits per heavy atom. The van der Waals surface area contributed by atoms with Gasteiger partial charge in [-0.25, -0.2) is 8.42 Å². The third kappa shape index (κ3) is 5.31. The van der Waals surface area contributed by atoms with E-state index in [0.29, 0.717) is 43.0 Å². The lowest BCUT2D eigenvalue weighted by atomic mass is 10.0. The average molecular weight is 475 g/mol. The molecule has 4 rings (SSSR count). The molecule has 0 N–H and O–H groups in total. The van der Waals surface area contributed by atoms with Crippen LogP contribution in [0.5, 0.6) is 0 Å². The standard InChI is InChI=1S/C24H34N4O4S/c1-17(2)21-7-5-20(6-8-21)15-27(22-9-10-22)16-23(29)26-11-13-28(14-12-26)33(30,31)24-18(3)25-32-19(24)4/h5-8,17,22H,9-16H2,1-4H3. The number of carbonyl (C=O) groups is 1. The first-order valence-corrected chi connectivity index (χ1v) is 13.1. The van der Waals surface area contributed by atoms with Gasteiger partial charge in [0.2, 0.25) is 15.9 Å². The molecule has 0 spiro atoms. The summed E-state index contributed by atoms with van der Waals surface area (Å²) < 4.78 is 32.5. The molecule has 2 heterocycles. The maximum absolute atomic E-state index is 13.1. The third-order valence-corrected chi connectivity index (χ3v) is 8.73. The normalized spacial score (nSPS) is 17.8. The summed E-state index contributed by atoms with van der Waals surface area (Å²) in [6.45, 7) is 10.1. The van der Waals surface area contributed by atoms with Crippen molar-refractivity contribution in [2.75, 3.05) is 32.7 Å². The molecule has 33 heavy (non-hydrogen) atoms. The molecule has 1 aliphatic heterocycles. The van der Waals surface area contributed by atoms with E-state index in [4.69, 9.17) is 4.52 Å². The van der Waals surface area contributed by atoms with Gasteiger partial charge in [-0.2, -0.15) is 4.31 Å². The lowest BCUT2D eigenvalue weighted by Crippen LogP contribution is -2.52. The van der Waals surface area contributed by atoms with E-state index < -0.39 is 10.0 Å². The molecule has 2 fully saturated rings. The van der Waals surface area contributed by atoms with E-state index >= 15 is 0 Å². The van der Waals surface area contributed by atoms with Crippen LogP contribution in [0.3, 0.4) is 0 Å². The minimum absolute atomic E-state index is 0.0649. The van der Waals surface area contributed by atoms with Crippen molar-refractivity contribution in [1.82, 2.24) is 19.3 Å². The highest BCUT2D eigenvalue weighted by molar-refractivity contribution is 7.89.